The first-order valence-electron chi connectivity index (χ1n) is 9.65. The molecule has 1 aliphatic rings. The van der Waals surface area contributed by atoms with Gasteiger partial charge in [0.05, 0.1) is 0 Å². The van der Waals surface area contributed by atoms with Crippen molar-refractivity contribution in [2.45, 2.75) is 20.0 Å². The topological polar surface area (TPSA) is 55.9 Å². The second kappa shape index (κ2) is 8.89. The fraction of sp³-hybridized carbons (Fsp3) is 0.364. The van der Waals surface area contributed by atoms with Gasteiger partial charge < -0.3 is 15.1 Å². The summed E-state index contributed by atoms with van der Waals surface area (Å²) in [5.74, 6) is -0.00251. The molecule has 0 bridgehead atoms. The zero-order chi connectivity index (χ0) is 20.1. The van der Waals surface area contributed by atoms with Crippen molar-refractivity contribution < 1.29 is 9.59 Å². The Morgan fingerprint density at radius 1 is 1.00 bits per heavy atom. The highest BCUT2D eigenvalue weighted by Gasteiger charge is 2.21. The van der Waals surface area contributed by atoms with Gasteiger partial charge in [0.15, 0.2) is 0 Å². The smallest absolute Gasteiger partial charge is 0.321 e. The molecule has 6 heteroatoms. The molecule has 0 aliphatic carbocycles. The predicted octanol–water partition coefficient (Wildman–Crippen LogP) is 2.94. The van der Waals surface area contributed by atoms with Crippen LogP contribution in [0.3, 0.4) is 0 Å². The van der Waals surface area contributed by atoms with Gasteiger partial charge in [0.1, 0.15) is 0 Å². The molecule has 0 radical (unpaired) electrons. The van der Waals surface area contributed by atoms with Gasteiger partial charge in [-0.15, -0.1) is 0 Å². The van der Waals surface area contributed by atoms with Crippen molar-refractivity contribution in [3.05, 3.63) is 65.2 Å². The average Bonchev–Trinajstić information content (AvgIpc) is 3.12. The van der Waals surface area contributed by atoms with Gasteiger partial charge in [-0.1, -0.05) is 24.3 Å². The molecule has 0 spiro atoms. The van der Waals surface area contributed by atoms with Gasteiger partial charge in [-0.2, -0.15) is 0 Å². The Morgan fingerprint density at radius 2 is 1.61 bits per heavy atom. The molecule has 6 nitrogen and oxygen atoms in total. The van der Waals surface area contributed by atoms with Gasteiger partial charge in [0.2, 0.25) is 0 Å². The van der Waals surface area contributed by atoms with E-state index in [0.717, 1.165) is 17.8 Å². The summed E-state index contributed by atoms with van der Waals surface area (Å²) in [4.78, 5) is 30.3. The average molecular weight is 380 g/mol. The van der Waals surface area contributed by atoms with E-state index in [9.17, 15) is 9.59 Å². The Balaban J connectivity index is 1.66. The molecule has 1 aliphatic heterocycles. The number of benzene rings is 2. The molecule has 1 heterocycles. The van der Waals surface area contributed by atoms with Crippen LogP contribution in [0.1, 0.15) is 28.4 Å². The lowest BCUT2D eigenvalue weighted by Gasteiger charge is -2.22. The Morgan fingerprint density at radius 3 is 2.11 bits per heavy atom. The number of carbonyl (C=O) groups is 2. The third-order valence-corrected chi connectivity index (χ3v) is 4.85. The van der Waals surface area contributed by atoms with E-state index in [1.165, 1.54) is 5.56 Å². The minimum Gasteiger partial charge on any atom is -0.336 e. The second-order valence-electron chi connectivity index (χ2n) is 7.30. The monoisotopic (exact) mass is 380 g/mol. The van der Waals surface area contributed by atoms with Crippen molar-refractivity contribution >= 4 is 17.6 Å². The Hall–Kier alpha value is -2.86. The van der Waals surface area contributed by atoms with E-state index < -0.39 is 0 Å². The summed E-state index contributed by atoms with van der Waals surface area (Å²) in [6, 6.07) is 15.6. The predicted molar refractivity (Wildman–Crippen MR) is 111 cm³/mol. The molecule has 148 valence electrons. The van der Waals surface area contributed by atoms with Gasteiger partial charge in [-0.05, 0) is 56.4 Å². The van der Waals surface area contributed by atoms with Crippen LogP contribution >= 0.6 is 0 Å². The molecule has 28 heavy (non-hydrogen) atoms. The Kier molecular flexibility index (Phi) is 6.31. The van der Waals surface area contributed by atoms with Crippen LogP contribution in [-0.2, 0) is 13.1 Å². The lowest BCUT2D eigenvalue weighted by Crippen LogP contribution is -2.30. The van der Waals surface area contributed by atoms with Crippen molar-refractivity contribution in [2.24, 2.45) is 0 Å². The maximum atomic E-state index is 12.9. The van der Waals surface area contributed by atoms with Crippen molar-refractivity contribution in [2.75, 3.05) is 38.6 Å². The number of amides is 3. The first-order chi connectivity index (χ1) is 13.5. The summed E-state index contributed by atoms with van der Waals surface area (Å²) in [6.45, 7) is 5.40. The van der Waals surface area contributed by atoms with E-state index in [2.05, 4.69) is 34.5 Å². The van der Waals surface area contributed by atoms with Crippen LogP contribution in [0.15, 0.2) is 48.5 Å². The van der Waals surface area contributed by atoms with Gasteiger partial charge >= 0.3 is 6.03 Å². The van der Waals surface area contributed by atoms with Crippen molar-refractivity contribution in [1.29, 1.82) is 0 Å². The summed E-state index contributed by atoms with van der Waals surface area (Å²) < 4.78 is 0. The van der Waals surface area contributed by atoms with Crippen LogP contribution in [0.5, 0.6) is 0 Å². The molecule has 0 unspecified atom stereocenters. The van der Waals surface area contributed by atoms with Crippen LogP contribution < -0.4 is 10.2 Å². The molecule has 1 N–H and O–H groups in total. The van der Waals surface area contributed by atoms with E-state index in [1.807, 2.05) is 38.1 Å². The Bertz CT molecular complexity index is 815. The number of carbonyl (C=O) groups excluding carboxylic acids is 2. The fourth-order valence-corrected chi connectivity index (χ4v) is 3.35. The highest BCUT2D eigenvalue weighted by Crippen LogP contribution is 2.19. The minimum absolute atomic E-state index is 0.00251. The summed E-state index contributed by atoms with van der Waals surface area (Å²) in [6.07, 6.45) is 0. The van der Waals surface area contributed by atoms with E-state index >= 15 is 0 Å². The molecule has 2 aromatic rings. The summed E-state index contributed by atoms with van der Waals surface area (Å²) in [5.41, 5.74) is 3.81. The van der Waals surface area contributed by atoms with Gasteiger partial charge in [-0.3, -0.25) is 9.69 Å². The molecule has 0 aromatic heterocycles. The van der Waals surface area contributed by atoms with Crippen LogP contribution in [0.2, 0.25) is 0 Å². The van der Waals surface area contributed by atoms with Gasteiger partial charge in [-0.25, -0.2) is 4.79 Å². The lowest BCUT2D eigenvalue weighted by molar-refractivity contribution is 0.0752. The normalized spacial score (nSPS) is 13.7. The van der Waals surface area contributed by atoms with E-state index in [0.29, 0.717) is 31.7 Å². The number of nitrogens with zero attached hydrogens (tertiary/aromatic N) is 3. The van der Waals surface area contributed by atoms with E-state index in [4.69, 9.17) is 0 Å². The standard InChI is InChI=1S/C22H28N4O2/c1-4-25(16-18-7-5-17(6-8-18)15-24(2)3)21(27)19-9-11-20(12-10-19)26-14-13-23-22(26)28/h5-12H,4,13-16H2,1-3H3,(H,23,28). The fourth-order valence-electron chi connectivity index (χ4n) is 3.35. The Labute approximate surface area is 166 Å². The third-order valence-electron chi connectivity index (χ3n) is 4.85. The summed E-state index contributed by atoms with van der Waals surface area (Å²) >= 11 is 0. The van der Waals surface area contributed by atoms with E-state index in [-0.39, 0.29) is 11.9 Å². The minimum atomic E-state index is -0.0908. The first kappa shape index (κ1) is 19.9. The van der Waals surface area contributed by atoms with E-state index in [1.54, 1.807) is 17.0 Å². The largest absolute Gasteiger partial charge is 0.336 e. The molecule has 1 saturated heterocycles. The first-order valence-corrected chi connectivity index (χ1v) is 9.65. The summed E-state index contributed by atoms with van der Waals surface area (Å²) in [7, 11) is 4.10. The molecule has 3 rings (SSSR count). The molecule has 1 fully saturated rings. The molecular weight excluding hydrogens is 352 g/mol. The molecule has 3 amide bonds. The SMILES string of the molecule is CCN(Cc1ccc(CN(C)C)cc1)C(=O)c1ccc(N2CCNC2=O)cc1. The molecule has 0 atom stereocenters. The molecular formula is C22H28N4O2. The number of hydrogen-bond donors (Lipinski definition) is 1. The maximum Gasteiger partial charge on any atom is 0.321 e. The number of hydrogen-bond acceptors (Lipinski definition) is 3. The summed E-state index contributed by atoms with van der Waals surface area (Å²) in [5, 5.41) is 2.78. The van der Waals surface area contributed by atoms with Crippen molar-refractivity contribution in [3.8, 4) is 0 Å². The van der Waals surface area contributed by atoms with Crippen molar-refractivity contribution in [1.82, 2.24) is 15.1 Å². The quantitative estimate of drug-likeness (QED) is 0.804. The van der Waals surface area contributed by atoms with Gasteiger partial charge in [0.25, 0.3) is 5.91 Å². The van der Waals surface area contributed by atoms with Crippen LogP contribution in [-0.4, -0.2) is 55.5 Å². The molecule has 2 aromatic carbocycles. The number of rotatable bonds is 7. The number of urea groups is 1. The third kappa shape index (κ3) is 4.70. The van der Waals surface area contributed by atoms with Crippen LogP contribution in [0.4, 0.5) is 10.5 Å². The van der Waals surface area contributed by atoms with Crippen LogP contribution in [0, 0.1) is 0 Å². The van der Waals surface area contributed by atoms with Crippen LogP contribution in [0.25, 0.3) is 0 Å². The molecule has 0 saturated carbocycles. The number of anilines is 1. The lowest BCUT2D eigenvalue weighted by atomic mass is 10.1. The van der Waals surface area contributed by atoms with Gasteiger partial charge in [0, 0.05) is 44.0 Å². The zero-order valence-corrected chi connectivity index (χ0v) is 16.8. The van der Waals surface area contributed by atoms with Crippen molar-refractivity contribution in [3.63, 3.8) is 0 Å². The number of nitrogens with one attached hydrogen (secondary N) is 1. The highest BCUT2D eigenvalue weighted by atomic mass is 16.2. The second-order valence-corrected chi connectivity index (χ2v) is 7.30. The zero-order valence-electron chi connectivity index (χ0n) is 16.8. The maximum absolute atomic E-state index is 12.9. The highest BCUT2D eigenvalue weighted by molar-refractivity contribution is 5.97.